The summed E-state index contributed by atoms with van der Waals surface area (Å²) in [5.41, 5.74) is 0.951. The molecule has 1 amide bonds. The van der Waals surface area contributed by atoms with Crippen molar-refractivity contribution < 1.29 is 14.3 Å². The fourth-order valence-corrected chi connectivity index (χ4v) is 3.10. The minimum Gasteiger partial charge on any atom is -0.462 e. The maximum absolute atomic E-state index is 11.0. The molecule has 0 aromatic carbocycles. The topological polar surface area (TPSA) is 67.8 Å². The molecule has 25 heavy (non-hydrogen) atoms. The number of cyclic esters (lactones) is 1. The largest absolute Gasteiger partial charge is 0.462 e. The highest BCUT2D eigenvalue weighted by Gasteiger charge is 2.22. The molecule has 0 saturated carbocycles. The second kappa shape index (κ2) is 12.9. The normalized spacial score (nSPS) is 23.1. The number of amides is 1. The molecule has 2 atom stereocenters. The first-order valence-corrected chi connectivity index (χ1v) is 10.0. The van der Waals surface area contributed by atoms with Crippen molar-refractivity contribution in [3.05, 3.63) is 0 Å². The van der Waals surface area contributed by atoms with Crippen LogP contribution in [0, 0.1) is 0 Å². The fraction of sp³-hybridized carbons (Fsp3) is 0.850. The Morgan fingerprint density at radius 1 is 1.12 bits per heavy atom. The Labute approximate surface area is 153 Å². The molecule has 0 aromatic heterocycles. The molecule has 0 spiro atoms. The number of nitrogens with zero attached hydrogens (tertiary/aromatic N) is 1. The minimum absolute atomic E-state index is 0.000910. The lowest BCUT2D eigenvalue weighted by Gasteiger charge is -2.07. The molecule has 1 saturated heterocycles. The summed E-state index contributed by atoms with van der Waals surface area (Å²) >= 11 is 0. The number of esters is 1. The molecule has 2 heterocycles. The summed E-state index contributed by atoms with van der Waals surface area (Å²) in [6.07, 6.45) is 12.3. The quantitative estimate of drug-likeness (QED) is 0.526. The van der Waals surface area contributed by atoms with E-state index in [0.29, 0.717) is 25.4 Å². The Morgan fingerprint density at radius 3 is 2.48 bits per heavy atom. The first-order chi connectivity index (χ1) is 12.0. The molecule has 0 aliphatic carbocycles. The lowest BCUT2D eigenvalue weighted by Crippen LogP contribution is -2.28. The lowest BCUT2D eigenvalue weighted by atomic mass is 10.1. The number of nitrogens with one attached hydrogen (secondary N) is 1. The average molecular weight is 353 g/mol. The summed E-state index contributed by atoms with van der Waals surface area (Å²) < 4.78 is 5.15. The maximum atomic E-state index is 11.0. The monoisotopic (exact) mass is 352 g/mol. The van der Waals surface area contributed by atoms with Crippen LogP contribution in [0.2, 0.25) is 0 Å². The zero-order valence-corrected chi connectivity index (χ0v) is 16.3. The van der Waals surface area contributed by atoms with E-state index >= 15 is 0 Å². The molecule has 0 bridgehead atoms. The molecule has 5 heteroatoms. The zero-order chi connectivity index (χ0) is 18.5. The van der Waals surface area contributed by atoms with Gasteiger partial charge in [-0.25, -0.2) is 0 Å². The summed E-state index contributed by atoms with van der Waals surface area (Å²) in [6.45, 7) is 6.93. The highest BCUT2D eigenvalue weighted by Crippen LogP contribution is 2.19. The van der Waals surface area contributed by atoms with Crippen LogP contribution in [0.5, 0.6) is 0 Å². The van der Waals surface area contributed by atoms with Gasteiger partial charge in [-0.2, -0.15) is 0 Å². The minimum atomic E-state index is 0.000910. The Kier molecular flexibility index (Phi) is 11.2. The summed E-state index contributed by atoms with van der Waals surface area (Å²) in [5.74, 6) is 0.100. The van der Waals surface area contributed by atoms with Gasteiger partial charge in [-0.15, -0.1) is 0 Å². The summed E-state index contributed by atoms with van der Waals surface area (Å²) in [7, 11) is 0. The van der Waals surface area contributed by atoms with Crippen LogP contribution >= 0.6 is 0 Å². The van der Waals surface area contributed by atoms with Gasteiger partial charge in [0.2, 0.25) is 5.91 Å². The second-order valence-electron chi connectivity index (χ2n) is 7.11. The third-order valence-electron chi connectivity index (χ3n) is 4.67. The van der Waals surface area contributed by atoms with Crippen molar-refractivity contribution in [3.63, 3.8) is 0 Å². The van der Waals surface area contributed by atoms with Crippen LogP contribution in [0.15, 0.2) is 4.99 Å². The van der Waals surface area contributed by atoms with Gasteiger partial charge in [0, 0.05) is 18.7 Å². The van der Waals surface area contributed by atoms with E-state index in [2.05, 4.69) is 24.2 Å². The van der Waals surface area contributed by atoms with Gasteiger partial charge in [0.1, 0.15) is 6.10 Å². The van der Waals surface area contributed by atoms with Crippen LogP contribution in [0.1, 0.15) is 91.4 Å². The van der Waals surface area contributed by atoms with E-state index in [1.807, 2.05) is 6.92 Å². The van der Waals surface area contributed by atoms with Gasteiger partial charge in [0.05, 0.1) is 12.5 Å². The van der Waals surface area contributed by atoms with Crippen LogP contribution in [-0.4, -0.2) is 36.3 Å². The fourth-order valence-electron chi connectivity index (χ4n) is 3.10. The highest BCUT2D eigenvalue weighted by atomic mass is 16.5. The third-order valence-corrected chi connectivity index (χ3v) is 4.67. The Balaban J connectivity index is 0.000000257. The number of aliphatic imine (C=N–C) groups is 1. The smallest absolute Gasteiger partial charge is 0.306 e. The van der Waals surface area contributed by atoms with Crippen LogP contribution in [-0.2, 0) is 14.3 Å². The van der Waals surface area contributed by atoms with Crippen molar-refractivity contribution in [2.45, 2.75) is 104 Å². The summed E-state index contributed by atoms with van der Waals surface area (Å²) in [4.78, 5) is 26.1. The highest BCUT2D eigenvalue weighted by molar-refractivity contribution is 6.00. The van der Waals surface area contributed by atoms with Gasteiger partial charge in [0.15, 0.2) is 0 Å². The SMILES string of the molecule is CCC1CNC(=O)CC(C)=N1.CCCCCCCCC1CCC(=O)O1. The van der Waals surface area contributed by atoms with Crippen LogP contribution in [0.3, 0.4) is 0 Å². The van der Waals surface area contributed by atoms with Crippen molar-refractivity contribution >= 4 is 17.6 Å². The third kappa shape index (κ3) is 10.3. The molecule has 0 radical (unpaired) electrons. The van der Waals surface area contributed by atoms with Gasteiger partial charge in [-0.05, 0) is 32.6 Å². The molecule has 2 rings (SSSR count). The maximum Gasteiger partial charge on any atom is 0.306 e. The molecule has 2 aliphatic rings. The van der Waals surface area contributed by atoms with Crippen molar-refractivity contribution in [3.8, 4) is 0 Å². The molecule has 5 nitrogen and oxygen atoms in total. The first kappa shape index (κ1) is 21.7. The Morgan fingerprint density at radius 2 is 1.84 bits per heavy atom. The molecule has 2 unspecified atom stereocenters. The van der Waals surface area contributed by atoms with Crippen molar-refractivity contribution in [1.29, 1.82) is 0 Å². The number of carbonyl (C=O) groups is 2. The molecule has 144 valence electrons. The van der Waals surface area contributed by atoms with E-state index < -0.39 is 0 Å². The second-order valence-corrected chi connectivity index (χ2v) is 7.11. The van der Waals surface area contributed by atoms with Crippen LogP contribution < -0.4 is 5.32 Å². The molecule has 1 fully saturated rings. The van der Waals surface area contributed by atoms with Crippen molar-refractivity contribution in [2.75, 3.05) is 6.54 Å². The van der Waals surface area contributed by atoms with Gasteiger partial charge in [-0.1, -0.05) is 46.0 Å². The lowest BCUT2D eigenvalue weighted by molar-refractivity contribution is -0.141. The van der Waals surface area contributed by atoms with Crippen molar-refractivity contribution in [1.82, 2.24) is 5.32 Å². The van der Waals surface area contributed by atoms with Gasteiger partial charge < -0.3 is 10.1 Å². The van der Waals surface area contributed by atoms with E-state index in [4.69, 9.17) is 4.74 Å². The van der Waals surface area contributed by atoms with E-state index in [0.717, 1.165) is 25.0 Å². The van der Waals surface area contributed by atoms with Gasteiger partial charge >= 0.3 is 5.97 Å². The van der Waals surface area contributed by atoms with E-state index in [1.165, 1.54) is 38.5 Å². The van der Waals surface area contributed by atoms with Crippen molar-refractivity contribution in [2.24, 2.45) is 4.99 Å². The predicted octanol–water partition coefficient (Wildman–Crippen LogP) is 4.19. The van der Waals surface area contributed by atoms with Gasteiger partial charge in [0.25, 0.3) is 0 Å². The molecule has 0 aromatic rings. The Bertz CT molecular complexity index is 435. The number of ether oxygens (including phenoxy) is 1. The van der Waals surface area contributed by atoms with Crippen LogP contribution in [0.4, 0.5) is 0 Å². The molecule has 1 N–H and O–H groups in total. The number of unbranched alkanes of at least 4 members (excludes halogenated alkanes) is 5. The molecular formula is C20H36N2O3. The number of hydrogen-bond acceptors (Lipinski definition) is 4. The predicted molar refractivity (Wildman–Crippen MR) is 102 cm³/mol. The summed E-state index contributed by atoms with van der Waals surface area (Å²) in [6, 6.07) is 0.293. The van der Waals surface area contributed by atoms with Gasteiger partial charge in [-0.3, -0.25) is 14.6 Å². The summed E-state index contributed by atoms with van der Waals surface area (Å²) in [5, 5.41) is 2.82. The standard InChI is InChI=1S/C12H22O2.C8H14N2O/c1-2-3-4-5-6-7-8-11-9-10-12(13)14-11;1-3-7-5-9-8(11)4-6(2)10-7/h11H,2-10H2,1H3;7H,3-5H2,1-2H3,(H,9,11). The number of rotatable bonds is 8. The van der Waals surface area contributed by atoms with E-state index in [9.17, 15) is 9.59 Å². The van der Waals surface area contributed by atoms with Crippen LogP contribution in [0.25, 0.3) is 0 Å². The first-order valence-electron chi connectivity index (χ1n) is 10.0. The molecular weight excluding hydrogens is 316 g/mol. The number of carbonyl (C=O) groups excluding carboxylic acids is 2. The zero-order valence-electron chi connectivity index (χ0n) is 16.3. The van der Waals surface area contributed by atoms with E-state index in [-0.39, 0.29) is 18.0 Å². The Hall–Kier alpha value is -1.39. The van der Waals surface area contributed by atoms with E-state index in [1.54, 1.807) is 0 Å². The molecule has 2 aliphatic heterocycles. The average Bonchev–Trinajstić information content (AvgIpc) is 2.92. The number of hydrogen-bond donors (Lipinski definition) is 1.